The van der Waals surface area contributed by atoms with Gasteiger partial charge >= 0.3 is 6.09 Å². The van der Waals surface area contributed by atoms with Gasteiger partial charge in [-0.3, -0.25) is 9.69 Å². The largest absolute Gasteiger partial charge is 0.447 e. The molecule has 1 aromatic heterocycles. The lowest BCUT2D eigenvalue weighted by atomic mass is 10.2. The molecule has 1 atom stereocenters. The second-order valence-electron chi connectivity index (χ2n) is 4.64. The second kappa shape index (κ2) is 5.57. The maximum absolute atomic E-state index is 12.2. The number of ether oxygens (including phenoxy) is 1. The van der Waals surface area contributed by atoms with Crippen molar-refractivity contribution in [3.8, 4) is 0 Å². The van der Waals surface area contributed by atoms with Gasteiger partial charge in [-0.05, 0) is 6.92 Å². The number of carbonyl (C=O) groups excluding carboxylic acids is 2. The maximum Gasteiger partial charge on any atom is 0.410 e. The highest BCUT2D eigenvalue weighted by Crippen LogP contribution is 2.23. The molecule has 2 aliphatic rings. The minimum atomic E-state index is -0.263. The molecule has 3 rings (SSSR count). The van der Waals surface area contributed by atoms with Crippen LogP contribution in [0.5, 0.6) is 0 Å². The predicted octanol–water partition coefficient (Wildman–Crippen LogP) is 0.602. The number of carbonyl (C=O) groups is 2. The summed E-state index contributed by atoms with van der Waals surface area (Å²) in [6.45, 7) is 3.95. The van der Waals surface area contributed by atoms with Crippen LogP contribution in [0.3, 0.4) is 0 Å². The van der Waals surface area contributed by atoms with E-state index in [1.54, 1.807) is 9.80 Å². The zero-order chi connectivity index (χ0) is 14.1. The third-order valence-corrected chi connectivity index (χ3v) is 5.25. The minimum Gasteiger partial charge on any atom is -0.447 e. The fraction of sp³-hybridized carbons (Fsp3) is 0.636. The number of amides is 2. The first kappa shape index (κ1) is 13.6. The van der Waals surface area contributed by atoms with Gasteiger partial charge in [0, 0.05) is 19.6 Å². The Labute approximate surface area is 124 Å². The number of aryl methyl sites for hydroxylation is 1. The molecule has 0 radical (unpaired) electrons. The molecule has 0 unspecified atom stereocenters. The monoisotopic (exact) mass is 314 g/mol. The molecule has 0 spiro atoms. The number of aromatic nitrogens is 2. The van der Waals surface area contributed by atoms with Gasteiger partial charge in [0.15, 0.2) is 4.34 Å². The lowest BCUT2D eigenvalue weighted by Crippen LogP contribution is -2.54. The smallest absolute Gasteiger partial charge is 0.410 e. The lowest BCUT2D eigenvalue weighted by Gasteiger charge is -2.35. The Bertz CT molecular complexity index is 535. The van der Waals surface area contributed by atoms with Gasteiger partial charge in [0.2, 0.25) is 5.91 Å². The van der Waals surface area contributed by atoms with Crippen molar-refractivity contribution in [2.45, 2.75) is 17.3 Å². The van der Waals surface area contributed by atoms with Crippen LogP contribution >= 0.6 is 23.1 Å². The van der Waals surface area contributed by atoms with Crippen molar-refractivity contribution >= 4 is 35.1 Å². The first-order valence-electron chi connectivity index (χ1n) is 6.27. The fourth-order valence-electron chi connectivity index (χ4n) is 2.27. The van der Waals surface area contributed by atoms with Crippen molar-refractivity contribution in [2.75, 3.05) is 32.0 Å². The van der Waals surface area contributed by atoms with E-state index >= 15 is 0 Å². The van der Waals surface area contributed by atoms with Crippen molar-refractivity contribution in [3.05, 3.63) is 5.01 Å². The minimum absolute atomic E-state index is 0.00831. The van der Waals surface area contributed by atoms with E-state index in [0.717, 1.165) is 9.35 Å². The van der Waals surface area contributed by atoms with Crippen molar-refractivity contribution < 1.29 is 14.3 Å². The number of nitrogens with zero attached hydrogens (tertiary/aromatic N) is 4. The summed E-state index contributed by atoms with van der Waals surface area (Å²) < 4.78 is 5.80. The van der Waals surface area contributed by atoms with E-state index in [9.17, 15) is 9.59 Å². The molecule has 9 heteroatoms. The van der Waals surface area contributed by atoms with Gasteiger partial charge in [-0.15, -0.1) is 10.2 Å². The highest BCUT2D eigenvalue weighted by molar-refractivity contribution is 8.01. The Morgan fingerprint density at radius 1 is 1.50 bits per heavy atom. The summed E-state index contributed by atoms with van der Waals surface area (Å²) in [7, 11) is 0. The Kier molecular flexibility index (Phi) is 3.79. The van der Waals surface area contributed by atoms with Gasteiger partial charge in [-0.1, -0.05) is 23.1 Å². The molecule has 2 saturated heterocycles. The Morgan fingerprint density at radius 3 is 3.10 bits per heavy atom. The van der Waals surface area contributed by atoms with Gasteiger partial charge in [-0.2, -0.15) is 0 Å². The molecule has 1 aromatic rings. The predicted molar refractivity (Wildman–Crippen MR) is 73.8 cm³/mol. The maximum atomic E-state index is 12.2. The van der Waals surface area contributed by atoms with E-state index in [0.29, 0.717) is 32.0 Å². The van der Waals surface area contributed by atoms with Crippen LogP contribution in [0.15, 0.2) is 4.34 Å². The average molecular weight is 314 g/mol. The summed E-state index contributed by atoms with van der Waals surface area (Å²) in [5.41, 5.74) is 0. The molecule has 0 saturated carbocycles. The van der Waals surface area contributed by atoms with E-state index in [4.69, 9.17) is 4.74 Å². The van der Waals surface area contributed by atoms with Crippen LogP contribution in [0.1, 0.15) is 5.01 Å². The number of hydrogen-bond acceptors (Lipinski definition) is 7. The molecule has 2 amide bonds. The summed E-state index contributed by atoms with van der Waals surface area (Å²) in [6.07, 6.45) is -0.263. The van der Waals surface area contributed by atoms with Gasteiger partial charge in [0.1, 0.15) is 11.6 Å². The van der Waals surface area contributed by atoms with Crippen LogP contribution in [0.25, 0.3) is 0 Å². The Morgan fingerprint density at radius 2 is 2.35 bits per heavy atom. The van der Waals surface area contributed by atoms with E-state index in [2.05, 4.69) is 10.2 Å². The average Bonchev–Trinajstić information content (AvgIpc) is 3.02. The second-order valence-corrected chi connectivity index (χ2v) is 7.04. The molecular formula is C11H14N4O3S2. The van der Waals surface area contributed by atoms with Gasteiger partial charge < -0.3 is 9.64 Å². The number of fused-ring (bicyclic) bond motifs is 1. The molecule has 2 fully saturated rings. The van der Waals surface area contributed by atoms with Crippen LogP contribution in [0.2, 0.25) is 0 Å². The van der Waals surface area contributed by atoms with Crippen molar-refractivity contribution in [2.24, 2.45) is 0 Å². The molecule has 20 heavy (non-hydrogen) atoms. The molecule has 3 heterocycles. The van der Waals surface area contributed by atoms with Crippen molar-refractivity contribution in [1.82, 2.24) is 20.0 Å². The van der Waals surface area contributed by atoms with Gasteiger partial charge in [0.05, 0.1) is 11.8 Å². The third kappa shape index (κ3) is 2.73. The van der Waals surface area contributed by atoms with Gasteiger partial charge in [0.25, 0.3) is 0 Å². The summed E-state index contributed by atoms with van der Waals surface area (Å²) >= 11 is 2.90. The first-order valence-corrected chi connectivity index (χ1v) is 8.08. The van der Waals surface area contributed by atoms with Crippen molar-refractivity contribution in [3.63, 3.8) is 0 Å². The first-order chi connectivity index (χ1) is 9.63. The fourth-order valence-corrected chi connectivity index (χ4v) is 3.99. The number of hydrogen-bond donors (Lipinski definition) is 0. The van der Waals surface area contributed by atoms with Crippen LogP contribution in [0.4, 0.5) is 4.79 Å². The summed E-state index contributed by atoms with van der Waals surface area (Å²) in [4.78, 5) is 27.0. The summed E-state index contributed by atoms with van der Waals surface area (Å²) in [6, 6.07) is 0.00831. The normalized spacial score (nSPS) is 21.9. The van der Waals surface area contributed by atoms with E-state index < -0.39 is 0 Å². The van der Waals surface area contributed by atoms with Crippen LogP contribution in [0, 0.1) is 6.92 Å². The topological polar surface area (TPSA) is 75.6 Å². The Hall–Kier alpha value is -1.35. The van der Waals surface area contributed by atoms with Crippen molar-refractivity contribution in [1.29, 1.82) is 0 Å². The van der Waals surface area contributed by atoms with E-state index in [-0.39, 0.29) is 18.0 Å². The molecule has 108 valence electrons. The summed E-state index contributed by atoms with van der Waals surface area (Å²) in [5, 5.41) is 8.80. The SMILES string of the molecule is Cc1nnc(SCC(=O)N2CCN3C(=O)OC[C@H]3C2)s1. The molecule has 0 aromatic carbocycles. The highest BCUT2D eigenvalue weighted by atomic mass is 32.2. The zero-order valence-electron chi connectivity index (χ0n) is 10.9. The third-order valence-electron chi connectivity index (χ3n) is 3.30. The molecular weight excluding hydrogens is 300 g/mol. The molecule has 0 N–H and O–H groups in total. The highest BCUT2D eigenvalue weighted by Gasteiger charge is 2.38. The quantitative estimate of drug-likeness (QED) is 0.761. The number of cyclic esters (lactones) is 1. The molecule has 2 aliphatic heterocycles. The van der Waals surface area contributed by atoms with Crippen LogP contribution in [-0.2, 0) is 9.53 Å². The van der Waals surface area contributed by atoms with Crippen LogP contribution < -0.4 is 0 Å². The number of piperazine rings is 1. The Balaban J connectivity index is 1.52. The van der Waals surface area contributed by atoms with Crippen LogP contribution in [-0.4, -0.2) is 70.0 Å². The standard InChI is InChI=1S/C11H14N4O3S2/c1-7-12-13-10(20-7)19-6-9(16)14-2-3-15-8(4-14)5-18-11(15)17/h8H,2-6H2,1H3/t8-/m1/s1. The molecule has 0 aliphatic carbocycles. The molecule has 0 bridgehead atoms. The number of thioether (sulfide) groups is 1. The van der Waals surface area contributed by atoms with E-state index in [1.807, 2.05) is 6.92 Å². The lowest BCUT2D eigenvalue weighted by molar-refractivity contribution is -0.130. The zero-order valence-corrected chi connectivity index (χ0v) is 12.6. The number of rotatable bonds is 3. The molecule has 7 nitrogen and oxygen atoms in total. The summed E-state index contributed by atoms with van der Waals surface area (Å²) in [5.74, 6) is 0.428. The van der Waals surface area contributed by atoms with E-state index in [1.165, 1.54) is 23.1 Å². The van der Waals surface area contributed by atoms with Gasteiger partial charge in [-0.25, -0.2) is 4.79 Å².